The lowest BCUT2D eigenvalue weighted by atomic mass is 10.0. The van der Waals surface area contributed by atoms with E-state index in [1.807, 2.05) is 33.8 Å². The van der Waals surface area contributed by atoms with Crippen LogP contribution in [0.3, 0.4) is 0 Å². The summed E-state index contributed by atoms with van der Waals surface area (Å²) in [5.74, 6) is 1.52. The Morgan fingerprint density at radius 3 is 1.59 bits per heavy atom. The van der Waals surface area contributed by atoms with Gasteiger partial charge in [-0.3, -0.25) is 4.90 Å². The quantitative estimate of drug-likeness (QED) is 0.103. The van der Waals surface area contributed by atoms with Crippen LogP contribution in [0.4, 0.5) is 37.4 Å². The van der Waals surface area contributed by atoms with Crippen molar-refractivity contribution in [1.29, 1.82) is 10.5 Å². The van der Waals surface area contributed by atoms with E-state index in [1.165, 1.54) is 37.0 Å². The van der Waals surface area contributed by atoms with Gasteiger partial charge in [-0.1, -0.05) is 72.8 Å². The smallest absolute Gasteiger partial charge is 0.410 e. The summed E-state index contributed by atoms with van der Waals surface area (Å²) in [4.78, 5) is 69.9. The SMILES string of the molecule is CC(C)(C)OC(=O)N1CCCC1(C)COc1nc2c(c(N3CCN(C(=O)O)C(CC#N)C3)n1)CCN(c1cccc3ccccc13)C2.CC1(COc2nc3c(c(N4CCN(C(=O)O)C(CC#N)C4)n2)CCN(c2cccc4ccccc24)C3)CCCN1. The lowest BCUT2D eigenvalue weighted by Crippen LogP contribution is -2.55. The number of carbonyl (C=O) groups excluding carboxylic acids is 1. The molecule has 0 spiro atoms. The number of carbonyl (C=O) groups is 3. The number of ether oxygens (including phenoxy) is 3. The second kappa shape index (κ2) is 25.2. The monoisotopic (exact) mass is 1180 g/mol. The summed E-state index contributed by atoms with van der Waals surface area (Å²) in [6.45, 7) is 17.0. The van der Waals surface area contributed by atoms with Crippen LogP contribution in [0.1, 0.15) is 95.7 Å². The van der Waals surface area contributed by atoms with Gasteiger partial charge in [0.25, 0.3) is 0 Å². The number of fused-ring (bicyclic) bond motifs is 4. The van der Waals surface area contributed by atoms with E-state index < -0.39 is 35.4 Å². The van der Waals surface area contributed by atoms with E-state index in [2.05, 4.69) is 123 Å². The van der Waals surface area contributed by atoms with Gasteiger partial charge in [-0.25, -0.2) is 14.4 Å². The van der Waals surface area contributed by atoms with Gasteiger partial charge in [-0.15, -0.1) is 0 Å². The van der Waals surface area contributed by atoms with Gasteiger partial charge in [0.2, 0.25) is 0 Å². The van der Waals surface area contributed by atoms with E-state index in [0.717, 1.165) is 91.6 Å². The Morgan fingerprint density at radius 1 is 0.621 bits per heavy atom. The van der Waals surface area contributed by atoms with Gasteiger partial charge in [0, 0.05) is 97.7 Å². The summed E-state index contributed by atoms with van der Waals surface area (Å²) >= 11 is 0. The number of hydrogen-bond donors (Lipinski definition) is 3. The number of hydrogen-bond acceptors (Lipinski definition) is 17. The molecule has 2 aromatic heterocycles. The van der Waals surface area contributed by atoms with Gasteiger partial charge < -0.3 is 59.1 Å². The number of rotatable bonds is 12. The summed E-state index contributed by atoms with van der Waals surface area (Å²) in [6.07, 6.45) is 3.05. The minimum Gasteiger partial charge on any atom is -0.465 e. The first kappa shape index (κ1) is 59.8. The van der Waals surface area contributed by atoms with Crippen molar-refractivity contribution in [3.05, 3.63) is 107 Å². The molecule has 0 radical (unpaired) electrons. The number of nitrogens with zero attached hydrogens (tertiary/aromatic N) is 13. The predicted octanol–water partition coefficient (Wildman–Crippen LogP) is 9.24. The highest BCUT2D eigenvalue weighted by atomic mass is 16.6. The second-order valence-corrected chi connectivity index (χ2v) is 25.1. The third-order valence-corrected chi connectivity index (χ3v) is 17.8. The van der Waals surface area contributed by atoms with Crippen LogP contribution in [0.25, 0.3) is 21.5 Å². The van der Waals surface area contributed by atoms with Gasteiger partial charge in [-0.05, 0) is 103 Å². The van der Waals surface area contributed by atoms with Gasteiger partial charge in [0.05, 0.1) is 67.1 Å². The number of benzene rings is 4. The van der Waals surface area contributed by atoms with Gasteiger partial charge >= 0.3 is 30.3 Å². The number of carboxylic acid groups (broad SMARTS) is 2. The zero-order valence-electron chi connectivity index (χ0n) is 50.5. The molecule has 6 aliphatic heterocycles. The third-order valence-electron chi connectivity index (χ3n) is 17.8. The second-order valence-electron chi connectivity index (χ2n) is 25.1. The van der Waals surface area contributed by atoms with Crippen LogP contribution < -0.4 is 34.4 Å². The largest absolute Gasteiger partial charge is 0.465 e. The summed E-state index contributed by atoms with van der Waals surface area (Å²) < 4.78 is 18.3. The van der Waals surface area contributed by atoms with Crippen LogP contribution >= 0.6 is 0 Å². The van der Waals surface area contributed by atoms with E-state index in [-0.39, 0.29) is 43.6 Å². The van der Waals surface area contributed by atoms with Crippen molar-refractivity contribution in [3.8, 4) is 24.2 Å². The number of nitrogens with one attached hydrogen (secondary N) is 1. The highest BCUT2D eigenvalue weighted by Gasteiger charge is 2.43. The molecule has 4 atom stereocenters. The number of anilines is 4. The number of nitriles is 2. The molecule has 6 aromatic rings. The maximum atomic E-state index is 13.1. The number of piperazine rings is 2. The standard InChI is InChI=1S/C35H43N7O5.C30H35N7O3/c1-34(2,3)47-33(45)42-17-8-15-35(42,4)23-46-31-37-28-22-39(29-12-7-10-24-9-5-6-11-26(24)29)18-14-27(28)30(38-31)40-19-20-41(32(43)44)25(21-40)13-16-36;1-30(12-5-14-32-30)20-40-28-33-25-19-35(26-9-4-7-21-6-2-3-8-23(21)26)15-11-24(25)27(34-28)36-16-17-37(29(38)39)22(18-36)10-13-31/h5-7,9-12,25H,8,13-15,17-23H2,1-4H3,(H,43,44);2-4,6-9,22,32H,5,10-12,14-20H2,1H3,(H,38,39). The molecule has 456 valence electrons. The van der Waals surface area contributed by atoms with E-state index in [0.29, 0.717) is 71.4 Å². The molecule has 0 bridgehead atoms. The molecule has 4 saturated heterocycles. The third kappa shape index (κ3) is 13.1. The fourth-order valence-corrected chi connectivity index (χ4v) is 13.3. The molecular weight excluding hydrogens is 1100 g/mol. The van der Waals surface area contributed by atoms with Crippen molar-refractivity contribution in [2.24, 2.45) is 0 Å². The lowest BCUT2D eigenvalue weighted by Gasteiger charge is -2.41. The molecule has 22 heteroatoms. The number of likely N-dealkylation sites (tertiary alicyclic amines) is 1. The minimum absolute atomic E-state index is 0.0904. The zero-order valence-corrected chi connectivity index (χ0v) is 50.5. The fraction of sp³-hybridized carbons (Fsp3) is 0.492. The van der Waals surface area contributed by atoms with E-state index >= 15 is 0 Å². The molecule has 3 amide bonds. The fourth-order valence-electron chi connectivity index (χ4n) is 13.3. The van der Waals surface area contributed by atoms with Crippen LogP contribution in [-0.4, -0.2) is 171 Å². The molecule has 3 N–H and O–H groups in total. The van der Waals surface area contributed by atoms with Gasteiger partial charge in [-0.2, -0.15) is 30.5 Å². The molecule has 6 aliphatic rings. The Kier molecular flexibility index (Phi) is 17.3. The number of amides is 3. The molecule has 4 fully saturated rings. The molecule has 22 nitrogen and oxygen atoms in total. The first-order valence-electron chi connectivity index (χ1n) is 30.4. The van der Waals surface area contributed by atoms with Crippen LogP contribution in [0.15, 0.2) is 84.9 Å². The Morgan fingerprint density at radius 2 is 1.11 bits per heavy atom. The Balaban J connectivity index is 0.000000182. The van der Waals surface area contributed by atoms with Crippen molar-refractivity contribution >= 4 is 62.8 Å². The highest BCUT2D eigenvalue weighted by Crippen LogP contribution is 2.39. The van der Waals surface area contributed by atoms with Crippen LogP contribution in [-0.2, 0) is 30.7 Å². The molecule has 87 heavy (non-hydrogen) atoms. The lowest BCUT2D eigenvalue weighted by molar-refractivity contribution is 0.00161. The van der Waals surface area contributed by atoms with E-state index in [4.69, 9.17) is 34.1 Å². The van der Waals surface area contributed by atoms with E-state index in [1.54, 1.807) is 4.90 Å². The molecule has 4 unspecified atom stereocenters. The molecule has 12 rings (SSSR count). The van der Waals surface area contributed by atoms with Crippen molar-refractivity contribution in [2.45, 2.75) is 128 Å². The first-order valence-corrected chi connectivity index (χ1v) is 30.4. The molecular formula is C65H78N14O8. The van der Waals surface area contributed by atoms with Crippen molar-refractivity contribution in [1.82, 2.24) is 40.0 Å². The molecule has 4 aromatic carbocycles. The van der Waals surface area contributed by atoms with Crippen molar-refractivity contribution in [3.63, 3.8) is 0 Å². The Labute approximate surface area is 507 Å². The van der Waals surface area contributed by atoms with Gasteiger partial charge in [0.15, 0.2) is 0 Å². The maximum absolute atomic E-state index is 13.1. The number of aromatic nitrogens is 4. The first-order chi connectivity index (χ1) is 41.9. The van der Waals surface area contributed by atoms with Crippen molar-refractivity contribution < 1.29 is 38.8 Å². The van der Waals surface area contributed by atoms with Crippen molar-refractivity contribution in [2.75, 3.05) is 98.3 Å². The summed E-state index contributed by atoms with van der Waals surface area (Å²) in [6, 6.07) is 33.5. The molecule has 0 saturated carbocycles. The molecule has 8 heterocycles. The summed E-state index contributed by atoms with van der Waals surface area (Å²) in [5.41, 5.74) is 4.86. The topological polar surface area (TPSA) is 253 Å². The predicted molar refractivity (Wildman–Crippen MR) is 331 cm³/mol. The maximum Gasteiger partial charge on any atom is 0.410 e. The minimum atomic E-state index is -1.02. The highest BCUT2D eigenvalue weighted by molar-refractivity contribution is 5.95. The average molecular weight is 1180 g/mol. The summed E-state index contributed by atoms with van der Waals surface area (Å²) in [7, 11) is 0. The van der Waals surface area contributed by atoms with Gasteiger partial charge in [0.1, 0.15) is 30.5 Å². The summed E-state index contributed by atoms with van der Waals surface area (Å²) in [5, 5.41) is 46.6. The Bertz CT molecular complexity index is 3610. The van der Waals surface area contributed by atoms with Crippen LogP contribution in [0, 0.1) is 22.7 Å². The zero-order chi connectivity index (χ0) is 61.0. The normalized spacial score (nSPS) is 22.0. The van der Waals surface area contributed by atoms with Crippen LogP contribution in [0.2, 0.25) is 0 Å². The average Bonchev–Trinajstić information content (AvgIpc) is 1.74. The van der Waals surface area contributed by atoms with E-state index in [9.17, 15) is 35.1 Å². The Hall–Kier alpha value is -8.89. The molecule has 0 aliphatic carbocycles. The van der Waals surface area contributed by atoms with Crippen LogP contribution in [0.5, 0.6) is 12.0 Å².